The second-order valence-corrected chi connectivity index (χ2v) is 3.03. The minimum absolute atomic E-state index is 0.0780. The first-order valence-electron chi connectivity index (χ1n) is 4.21. The molecule has 3 heteroatoms. The van der Waals surface area contributed by atoms with Crippen molar-refractivity contribution in [3.05, 3.63) is 29.3 Å². The third-order valence-electron chi connectivity index (χ3n) is 2.07. The largest absolute Gasteiger partial charge is 0.337 e. The molecule has 0 amide bonds. The van der Waals surface area contributed by atoms with Crippen molar-refractivity contribution in [3.63, 3.8) is 0 Å². The van der Waals surface area contributed by atoms with Gasteiger partial charge in [-0.05, 0) is 25.1 Å². The summed E-state index contributed by atoms with van der Waals surface area (Å²) in [5.41, 5.74) is 1.77. The number of carbonyl (C=O) groups is 1. The standard InChI is InChI=1S/C10H10O3/c1-7(11)8-2-3-10-9(6-8)4-5-12-13-10/h2-3,6H,4-5H2,1H3. The van der Waals surface area contributed by atoms with E-state index in [0.717, 1.165) is 23.3 Å². The van der Waals surface area contributed by atoms with Crippen LogP contribution in [0, 0.1) is 0 Å². The Morgan fingerprint density at radius 2 is 2.31 bits per heavy atom. The van der Waals surface area contributed by atoms with Crippen LogP contribution in [-0.4, -0.2) is 12.4 Å². The van der Waals surface area contributed by atoms with Crippen LogP contribution in [-0.2, 0) is 11.3 Å². The van der Waals surface area contributed by atoms with Gasteiger partial charge in [0.25, 0.3) is 0 Å². The van der Waals surface area contributed by atoms with Gasteiger partial charge >= 0.3 is 0 Å². The van der Waals surface area contributed by atoms with Gasteiger partial charge in [0.15, 0.2) is 11.5 Å². The molecule has 0 saturated carbocycles. The second kappa shape index (κ2) is 3.18. The fourth-order valence-electron chi connectivity index (χ4n) is 1.33. The summed E-state index contributed by atoms with van der Waals surface area (Å²) < 4.78 is 0. The Labute approximate surface area is 76.2 Å². The van der Waals surface area contributed by atoms with Crippen LogP contribution in [0.1, 0.15) is 22.8 Å². The van der Waals surface area contributed by atoms with Gasteiger partial charge in [0, 0.05) is 17.5 Å². The molecule has 0 bridgehead atoms. The molecular weight excluding hydrogens is 168 g/mol. The van der Waals surface area contributed by atoms with Crippen LogP contribution in [0.25, 0.3) is 0 Å². The fraction of sp³-hybridized carbons (Fsp3) is 0.300. The molecule has 0 aromatic heterocycles. The molecule has 0 aliphatic carbocycles. The second-order valence-electron chi connectivity index (χ2n) is 3.03. The van der Waals surface area contributed by atoms with Crippen molar-refractivity contribution in [1.29, 1.82) is 0 Å². The predicted molar refractivity (Wildman–Crippen MR) is 46.7 cm³/mol. The van der Waals surface area contributed by atoms with Crippen LogP contribution in [0.2, 0.25) is 0 Å². The molecule has 1 aromatic carbocycles. The van der Waals surface area contributed by atoms with E-state index in [4.69, 9.17) is 9.78 Å². The molecule has 0 N–H and O–H groups in total. The summed E-state index contributed by atoms with van der Waals surface area (Å²) in [4.78, 5) is 20.8. The van der Waals surface area contributed by atoms with Crippen LogP contribution >= 0.6 is 0 Å². The van der Waals surface area contributed by atoms with E-state index in [2.05, 4.69) is 0 Å². The zero-order valence-corrected chi connectivity index (χ0v) is 7.37. The molecule has 2 rings (SSSR count). The van der Waals surface area contributed by atoms with Crippen molar-refractivity contribution < 1.29 is 14.6 Å². The highest BCUT2D eigenvalue weighted by molar-refractivity contribution is 5.94. The lowest BCUT2D eigenvalue weighted by Crippen LogP contribution is -2.11. The highest BCUT2D eigenvalue weighted by Crippen LogP contribution is 2.24. The third kappa shape index (κ3) is 1.55. The number of Topliss-reactive ketones (excluding diaryl/α,β-unsaturated/α-hetero) is 1. The summed E-state index contributed by atoms with van der Waals surface area (Å²) in [7, 11) is 0. The van der Waals surface area contributed by atoms with Crippen molar-refractivity contribution in [2.45, 2.75) is 13.3 Å². The summed E-state index contributed by atoms with van der Waals surface area (Å²) in [6.07, 6.45) is 0.802. The van der Waals surface area contributed by atoms with E-state index in [9.17, 15) is 4.79 Å². The number of hydrogen-bond donors (Lipinski definition) is 0. The van der Waals surface area contributed by atoms with Crippen LogP contribution in [0.15, 0.2) is 18.2 Å². The Kier molecular flexibility index (Phi) is 2.02. The van der Waals surface area contributed by atoms with Gasteiger partial charge in [0.1, 0.15) is 0 Å². The lowest BCUT2D eigenvalue weighted by molar-refractivity contribution is -0.215. The summed E-state index contributed by atoms with van der Waals surface area (Å²) >= 11 is 0. The number of ketones is 1. The van der Waals surface area contributed by atoms with Crippen molar-refractivity contribution in [2.75, 3.05) is 6.61 Å². The van der Waals surface area contributed by atoms with Gasteiger partial charge in [-0.15, -0.1) is 0 Å². The number of hydrogen-bond acceptors (Lipinski definition) is 3. The van der Waals surface area contributed by atoms with E-state index in [0.29, 0.717) is 6.61 Å². The normalized spacial score (nSPS) is 14.5. The Morgan fingerprint density at radius 1 is 1.46 bits per heavy atom. The molecule has 1 aliphatic rings. The first kappa shape index (κ1) is 8.26. The maximum Gasteiger partial charge on any atom is 0.168 e. The Hall–Kier alpha value is -1.35. The first-order valence-corrected chi connectivity index (χ1v) is 4.21. The number of fused-ring (bicyclic) bond motifs is 1. The maximum atomic E-state index is 11.1. The molecule has 1 aliphatic heterocycles. The lowest BCUT2D eigenvalue weighted by Gasteiger charge is -2.15. The van der Waals surface area contributed by atoms with E-state index in [-0.39, 0.29) is 5.78 Å². The summed E-state index contributed by atoms with van der Waals surface area (Å²) in [5.74, 6) is 0.797. The summed E-state index contributed by atoms with van der Waals surface area (Å²) in [6, 6.07) is 5.38. The molecule has 0 spiro atoms. The molecule has 0 saturated heterocycles. The average Bonchev–Trinajstić information content (AvgIpc) is 2.17. The zero-order valence-electron chi connectivity index (χ0n) is 7.37. The van der Waals surface area contributed by atoms with Gasteiger partial charge < -0.3 is 4.89 Å². The molecule has 0 radical (unpaired) electrons. The van der Waals surface area contributed by atoms with Gasteiger partial charge in [0.05, 0.1) is 6.61 Å². The topological polar surface area (TPSA) is 35.5 Å². The van der Waals surface area contributed by atoms with Gasteiger partial charge in [-0.25, -0.2) is 0 Å². The van der Waals surface area contributed by atoms with E-state index < -0.39 is 0 Å². The van der Waals surface area contributed by atoms with Crippen molar-refractivity contribution in [1.82, 2.24) is 0 Å². The van der Waals surface area contributed by atoms with Gasteiger partial charge in [-0.2, -0.15) is 4.89 Å². The predicted octanol–water partition coefficient (Wildman–Crippen LogP) is 1.76. The molecular formula is C10H10O3. The summed E-state index contributed by atoms with van der Waals surface area (Å²) in [6.45, 7) is 2.11. The van der Waals surface area contributed by atoms with Crippen LogP contribution in [0.4, 0.5) is 0 Å². The lowest BCUT2D eigenvalue weighted by atomic mass is 10.0. The third-order valence-corrected chi connectivity index (χ3v) is 2.07. The average molecular weight is 178 g/mol. The fourth-order valence-corrected chi connectivity index (χ4v) is 1.33. The molecule has 13 heavy (non-hydrogen) atoms. The molecule has 68 valence electrons. The molecule has 1 heterocycles. The van der Waals surface area contributed by atoms with Crippen LogP contribution < -0.4 is 4.89 Å². The number of benzene rings is 1. The minimum atomic E-state index is 0.0780. The monoisotopic (exact) mass is 178 g/mol. The van der Waals surface area contributed by atoms with Crippen LogP contribution in [0.5, 0.6) is 5.75 Å². The smallest absolute Gasteiger partial charge is 0.168 e. The van der Waals surface area contributed by atoms with Crippen molar-refractivity contribution in [2.24, 2.45) is 0 Å². The molecule has 0 unspecified atom stereocenters. The number of carbonyl (C=O) groups excluding carboxylic acids is 1. The Balaban J connectivity index is 2.40. The minimum Gasteiger partial charge on any atom is -0.337 e. The van der Waals surface area contributed by atoms with E-state index in [1.807, 2.05) is 6.07 Å². The Morgan fingerprint density at radius 3 is 3.08 bits per heavy atom. The zero-order chi connectivity index (χ0) is 9.26. The van der Waals surface area contributed by atoms with Crippen molar-refractivity contribution in [3.8, 4) is 5.75 Å². The van der Waals surface area contributed by atoms with E-state index in [1.165, 1.54) is 0 Å². The first-order chi connectivity index (χ1) is 6.27. The van der Waals surface area contributed by atoms with Gasteiger partial charge in [-0.3, -0.25) is 4.79 Å². The maximum absolute atomic E-state index is 11.1. The Bertz CT molecular complexity index is 344. The molecule has 0 atom stereocenters. The van der Waals surface area contributed by atoms with E-state index >= 15 is 0 Å². The quantitative estimate of drug-likeness (QED) is 0.485. The molecule has 1 aromatic rings. The molecule has 3 nitrogen and oxygen atoms in total. The highest BCUT2D eigenvalue weighted by Gasteiger charge is 2.12. The van der Waals surface area contributed by atoms with E-state index in [1.54, 1.807) is 19.1 Å². The van der Waals surface area contributed by atoms with Gasteiger partial charge in [-0.1, -0.05) is 0 Å². The highest BCUT2D eigenvalue weighted by atomic mass is 17.2. The van der Waals surface area contributed by atoms with Crippen LogP contribution in [0.3, 0.4) is 0 Å². The molecule has 0 fully saturated rings. The van der Waals surface area contributed by atoms with Crippen molar-refractivity contribution >= 4 is 5.78 Å². The summed E-state index contributed by atoms with van der Waals surface area (Å²) in [5, 5.41) is 0. The number of rotatable bonds is 1. The SMILES string of the molecule is CC(=O)c1ccc2c(c1)CCOO2. The van der Waals surface area contributed by atoms with Gasteiger partial charge in [0.2, 0.25) is 0 Å².